The normalized spacial score (nSPS) is 33.6. The molecular formula is C8H12O3. The fraction of sp³-hybridized carbons (Fsp3) is 0.875. The van der Waals surface area contributed by atoms with Gasteiger partial charge >= 0.3 is 5.97 Å². The summed E-state index contributed by atoms with van der Waals surface area (Å²) < 4.78 is 5.47. The van der Waals surface area contributed by atoms with Gasteiger partial charge in [-0.25, -0.2) is 0 Å². The summed E-state index contributed by atoms with van der Waals surface area (Å²) in [6, 6.07) is 0. The van der Waals surface area contributed by atoms with E-state index in [4.69, 9.17) is 9.84 Å². The predicted molar refractivity (Wildman–Crippen MR) is 38.3 cm³/mol. The van der Waals surface area contributed by atoms with Gasteiger partial charge in [-0.3, -0.25) is 4.79 Å². The van der Waals surface area contributed by atoms with Crippen LogP contribution in [0.25, 0.3) is 0 Å². The summed E-state index contributed by atoms with van der Waals surface area (Å²) in [4.78, 5) is 10.5. The molecule has 2 aliphatic rings. The number of ether oxygens (including phenoxy) is 1. The van der Waals surface area contributed by atoms with Crippen LogP contribution in [0.3, 0.4) is 0 Å². The van der Waals surface area contributed by atoms with Gasteiger partial charge in [-0.1, -0.05) is 0 Å². The Bertz CT molecular complexity index is 184. The Morgan fingerprint density at radius 2 is 2.27 bits per heavy atom. The summed E-state index contributed by atoms with van der Waals surface area (Å²) in [5.41, 5.74) is -0.0109. The summed E-state index contributed by atoms with van der Waals surface area (Å²) in [5.74, 6) is -0.941. The Morgan fingerprint density at radius 1 is 1.55 bits per heavy atom. The minimum Gasteiger partial charge on any atom is -0.481 e. The number of carbonyl (C=O) groups is 1. The van der Waals surface area contributed by atoms with Crippen LogP contribution >= 0.6 is 0 Å². The fourth-order valence-electron chi connectivity index (χ4n) is 1.92. The van der Waals surface area contributed by atoms with E-state index in [1.165, 1.54) is 6.42 Å². The van der Waals surface area contributed by atoms with Gasteiger partial charge in [0.05, 0.1) is 18.1 Å². The summed E-state index contributed by atoms with van der Waals surface area (Å²) in [6.07, 6.45) is 4.07. The maximum absolute atomic E-state index is 10.5. The first kappa shape index (κ1) is 7.10. The molecule has 0 radical (unpaired) electrons. The van der Waals surface area contributed by atoms with Crippen molar-refractivity contribution in [1.82, 2.24) is 0 Å². The standard InChI is InChI=1S/C8H12O3/c9-7(10)6-4-8(11-5-6)2-1-3-8/h6H,1-5H2,(H,9,10). The van der Waals surface area contributed by atoms with E-state index in [9.17, 15) is 4.79 Å². The molecule has 0 amide bonds. The van der Waals surface area contributed by atoms with Crippen LogP contribution in [-0.4, -0.2) is 23.3 Å². The molecule has 2 fully saturated rings. The molecule has 1 saturated heterocycles. The van der Waals surface area contributed by atoms with Crippen LogP contribution in [0.2, 0.25) is 0 Å². The van der Waals surface area contributed by atoms with E-state index in [0.717, 1.165) is 19.3 Å². The predicted octanol–water partition coefficient (Wildman–Crippen LogP) is 1.03. The highest BCUT2D eigenvalue weighted by Gasteiger charge is 2.47. The maximum atomic E-state index is 10.5. The molecule has 1 N–H and O–H groups in total. The summed E-state index contributed by atoms with van der Waals surface area (Å²) in [7, 11) is 0. The van der Waals surface area contributed by atoms with Gasteiger partial charge < -0.3 is 9.84 Å². The van der Waals surface area contributed by atoms with Crippen molar-refractivity contribution in [3.8, 4) is 0 Å². The quantitative estimate of drug-likeness (QED) is 0.616. The molecule has 3 nitrogen and oxygen atoms in total. The minimum atomic E-state index is -0.700. The van der Waals surface area contributed by atoms with Gasteiger partial charge in [-0.15, -0.1) is 0 Å². The Labute approximate surface area is 65.4 Å². The highest BCUT2D eigenvalue weighted by Crippen LogP contribution is 2.45. The number of carboxylic acids is 1. The van der Waals surface area contributed by atoms with Crippen LogP contribution in [0.4, 0.5) is 0 Å². The van der Waals surface area contributed by atoms with Crippen molar-refractivity contribution in [3.05, 3.63) is 0 Å². The second-order valence-corrected chi connectivity index (χ2v) is 3.59. The second kappa shape index (κ2) is 2.21. The van der Waals surface area contributed by atoms with Gasteiger partial charge in [0.1, 0.15) is 0 Å². The first-order valence-corrected chi connectivity index (χ1v) is 4.09. The minimum absolute atomic E-state index is 0.0109. The van der Waals surface area contributed by atoms with E-state index >= 15 is 0 Å². The van der Waals surface area contributed by atoms with E-state index in [-0.39, 0.29) is 11.5 Å². The van der Waals surface area contributed by atoms with Gasteiger partial charge in [0.15, 0.2) is 0 Å². The van der Waals surface area contributed by atoms with Crippen molar-refractivity contribution in [1.29, 1.82) is 0 Å². The average Bonchev–Trinajstić information content (AvgIpc) is 2.28. The Kier molecular flexibility index (Phi) is 1.42. The Balaban J connectivity index is 1.98. The van der Waals surface area contributed by atoms with Gasteiger partial charge in [0.2, 0.25) is 0 Å². The van der Waals surface area contributed by atoms with Crippen LogP contribution in [0.1, 0.15) is 25.7 Å². The molecule has 1 spiro atoms. The monoisotopic (exact) mass is 156 g/mol. The van der Waals surface area contributed by atoms with E-state index < -0.39 is 5.97 Å². The molecule has 3 heteroatoms. The third-order valence-electron chi connectivity index (χ3n) is 2.82. The molecule has 2 rings (SSSR count). The molecule has 1 unspecified atom stereocenters. The van der Waals surface area contributed by atoms with Crippen molar-refractivity contribution in [2.75, 3.05) is 6.61 Å². The second-order valence-electron chi connectivity index (χ2n) is 3.59. The van der Waals surface area contributed by atoms with E-state index in [2.05, 4.69) is 0 Å². The summed E-state index contributed by atoms with van der Waals surface area (Å²) in [6.45, 7) is 0.426. The smallest absolute Gasteiger partial charge is 0.308 e. The van der Waals surface area contributed by atoms with E-state index in [0.29, 0.717) is 6.61 Å². The molecule has 0 bridgehead atoms. The molecule has 1 aliphatic heterocycles. The zero-order chi connectivity index (χ0) is 7.90. The van der Waals surface area contributed by atoms with Crippen molar-refractivity contribution in [3.63, 3.8) is 0 Å². The molecule has 11 heavy (non-hydrogen) atoms. The Morgan fingerprint density at radius 3 is 2.55 bits per heavy atom. The third-order valence-corrected chi connectivity index (χ3v) is 2.82. The molecule has 0 aromatic rings. The van der Waals surface area contributed by atoms with Crippen molar-refractivity contribution in [2.24, 2.45) is 5.92 Å². The lowest BCUT2D eigenvalue weighted by molar-refractivity contribution is -0.141. The summed E-state index contributed by atoms with van der Waals surface area (Å²) in [5, 5.41) is 8.69. The van der Waals surface area contributed by atoms with Gasteiger partial charge in [0.25, 0.3) is 0 Å². The molecule has 1 heterocycles. The zero-order valence-electron chi connectivity index (χ0n) is 6.38. The topological polar surface area (TPSA) is 46.5 Å². The van der Waals surface area contributed by atoms with Crippen molar-refractivity contribution < 1.29 is 14.6 Å². The molecule has 1 atom stereocenters. The highest BCUT2D eigenvalue weighted by atomic mass is 16.5. The first-order chi connectivity index (χ1) is 5.22. The van der Waals surface area contributed by atoms with Crippen molar-refractivity contribution in [2.45, 2.75) is 31.3 Å². The van der Waals surface area contributed by atoms with Gasteiger partial charge in [0, 0.05) is 0 Å². The lowest BCUT2D eigenvalue weighted by Gasteiger charge is -2.36. The number of carboxylic acid groups (broad SMARTS) is 1. The third kappa shape index (κ3) is 1.03. The largest absolute Gasteiger partial charge is 0.481 e. The van der Waals surface area contributed by atoms with Gasteiger partial charge in [-0.2, -0.15) is 0 Å². The van der Waals surface area contributed by atoms with Crippen LogP contribution in [0.5, 0.6) is 0 Å². The number of hydrogen-bond donors (Lipinski definition) is 1. The molecule has 0 aromatic carbocycles. The zero-order valence-corrected chi connectivity index (χ0v) is 6.38. The molecule has 1 aliphatic carbocycles. The fourth-order valence-corrected chi connectivity index (χ4v) is 1.92. The van der Waals surface area contributed by atoms with Crippen LogP contribution in [0.15, 0.2) is 0 Å². The molecule has 0 aromatic heterocycles. The number of hydrogen-bond acceptors (Lipinski definition) is 2. The number of rotatable bonds is 1. The lowest BCUT2D eigenvalue weighted by Crippen LogP contribution is -2.36. The SMILES string of the molecule is O=C(O)C1COC2(CCC2)C1. The average molecular weight is 156 g/mol. The molecule has 1 saturated carbocycles. The highest BCUT2D eigenvalue weighted by molar-refractivity contribution is 5.70. The van der Waals surface area contributed by atoms with E-state index in [1.807, 2.05) is 0 Å². The van der Waals surface area contributed by atoms with Gasteiger partial charge in [-0.05, 0) is 25.7 Å². The lowest BCUT2D eigenvalue weighted by atomic mass is 9.76. The van der Waals surface area contributed by atoms with E-state index in [1.54, 1.807) is 0 Å². The van der Waals surface area contributed by atoms with Crippen LogP contribution in [-0.2, 0) is 9.53 Å². The maximum Gasteiger partial charge on any atom is 0.308 e. The Hall–Kier alpha value is -0.570. The molecular weight excluding hydrogens is 144 g/mol. The summed E-state index contributed by atoms with van der Waals surface area (Å²) >= 11 is 0. The van der Waals surface area contributed by atoms with Crippen LogP contribution in [0, 0.1) is 5.92 Å². The number of aliphatic carboxylic acids is 1. The van der Waals surface area contributed by atoms with Crippen molar-refractivity contribution >= 4 is 5.97 Å². The first-order valence-electron chi connectivity index (χ1n) is 4.09. The van der Waals surface area contributed by atoms with Crippen LogP contribution < -0.4 is 0 Å². The molecule has 62 valence electrons.